The Bertz CT molecular complexity index is 1110. The van der Waals surface area contributed by atoms with Crippen LogP contribution in [0.25, 0.3) is 0 Å². The fourth-order valence-electron chi connectivity index (χ4n) is 2.76. The smallest absolute Gasteiger partial charge is 0.388 e. The highest BCUT2D eigenvalue weighted by atomic mass is 35.5. The van der Waals surface area contributed by atoms with Crippen LogP contribution >= 0.6 is 43.0 Å². The standard InChI is InChI=1S/C11H18ClFN2O13P4/c1-5(26-30(19,20)27-31(21,22)28-32(23,24)29)7-8(17)11(12,4-13)9(25-7)15-3-2-6(16)14-10(15)18/h2-3,5,7-9,17,23-24,29H,4H2,1H3,(H,19,20)(H,21,22)(H,14,16,18)/t5-,7?,8+,9-,11?/m1/s1. The fourth-order valence-corrected chi connectivity index (χ4v) is 7.24. The highest BCUT2D eigenvalue weighted by molar-refractivity contribution is 7.91. The molecule has 32 heavy (non-hydrogen) atoms. The Morgan fingerprint density at radius 1 is 1.31 bits per heavy atom. The Morgan fingerprint density at radius 3 is 2.41 bits per heavy atom. The van der Waals surface area contributed by atoms with Gasteiger partial charge in [0, 0.05) is 12.3 Å². The van der Waals surface area contributed by atoms with Gasteiger partial charge >= 0.3 is 21.3 Å². The predicted octanol–water partition coefficient (Wildman–Crippen LogP) is 0.186. The molecule has 184 valence electrons. The summed E-state index contributed by atoms with van der Waals surface area (Å²) < 4.78 is 55.8. The molecular formula is C11H18ClFN2O13P4. The lowest BCUT2D eigenvalue weighted by Gasteiger charge is -2.28. The van der Waals surface area contributed by atoms with Crippen molar-refractivity contribution in [2.24, 2.45) is 0 Å². The number of rotatable bonds is 9. The maximum atomic E-state index is 13.8. The molecule has 1 aromatic rings. The van der Waals surface area contributed by atoms with Crippen molar-refractivity contribution in [2.75, 3.05) is 6.67 Å². The third-order valence-corrected chi connectivity index (χ3v) is 9.23. The van der Waals surface area contributed by atoms with Gasteiger partial charge < -0.3 is 29.4 Å². The second-order valence-electron chi connectivity index (χ2n) is 6.43. The van der Waals surface area contributed by atoms with Crippen molar-refractivity contribution in [3.8, 4) is 0 Å². The van der Waals surface area contributed by atoms with Crippen molar-refractivity contribution in [3.63, 3.8) is 0 Å². The number of aromatic nitrogens is 2. The van der Waals surface area contributed by atoms with Gasteiger partial charge in [0.2, 0.25) is 0 Å². The number of nitrogens with zero attached hydrogens (tertiary/aromatic N) is 1. The zero-order chi connectivity index (χ0) is 24.7. The third-order valence-electron chi connectivity index (χ3n) is 3.99. The van der Waals surface area contributed by atoms with Crippen LogP contribution in [0.2, 0.25) is 0 Å². The second kappa shape index (κ2) is 9.77. The van der Waals surface area contributed by atoms with E-state index in [0.717, 1.165) is 19.2 Å². The minimum atomic E-state index is -5.55. The van der Waals surface area contributed by atoms with Gasteiger partial charge in [-0.15, -0.1) is 11.6 Å². The van der Waals surface area contributed by atoms with Crippen molar-refractivity contribution in [3.05, 3.63) is 33.1 Å². The van der Waals surface area contributed by atoms with Gasteiger partial charge in [-0.3, -0.25) is 18.9 Å². The first-order chi connectivity index (χ1) is 14.4. The number of aromatic amines is 1. The molecule has 0 amide bonds. The van der Waals surface area contributed by atoms with Gasteiger partial charge in [0.05, 0.1) is 6.10 Å². The first kappa shape index (κ1) is 28.0. The molecule has 0 saturated carbocycles. The molecule has 2 rings (SSSR count). The van der Waals surface area contributed by atoms with Gasteiger partial charge in [0.25, 0.3) is 12.8 Å². The number of H-pyrrole nitrogens is 1. The monoisotopic (exact) mass is 564 g/mol. The van der Waals surface area contributed by atoms with Crippen LogP contribution in [0.4, 0.5) is 4.39 Å². The van der Waals surface area contributed by atoms with E-state index in [4.69, 9.17) is 26.1 Å². The van der Waals surface area contributed by atoms with E-state index in [2.05, 4.69) is 21.7 Å². The number of halogens is 2. The van der Waals surface area contributed by atoms with E-state index in [1.165, 1.54) is 0 Å². The van der Waals surface area contributed by atoms with Crippen molar-refractivity contribution < 1.29 is 56.1 Å². The number of alkyl halides is 2. The summed E-state index contributed by atoms with van der Waals surface area (Å²) in [7, 11) is -13.4. The van der Waals surface area contributed by atoms with Gasteiger partial charge in [-0.2, -0.15) is 4.31 Å². The Kier molecular flexibility index (Phi) is 8.54. The molecule has 0 aliphatic carbocycles. The fraction of sp³-hybridized carbons (Fsp3) is 0.636. The lowest BCUT2D eigenvalue weighted by atomic mass is 9.97. The largest absolute Gasteiger partial charge is 0.488 e. The van der Waals surface area contributed by atoms with E-state index >= 15 is 0 Å². The van der Waals surface area contributed by atoms with Gasteiger partial charge in [0.1, 0.15) is 23.8 Å². The van der Waals surface area contributed by atoms with Crippen molar-refractivity contribution >= 4 is 43.0 Å². The van der Waals surface area contributed by atoms with E-state index in [-0.39, 0.29) is 0 Å². The summed E-state index contributed by atoms with van der Waals surface area (Å²) in [6, 6.07) is 0.892. The number of hydrogen-bond acceptors (Lipinski definition) is 9. The summed E-state index contributed by atoms with van der Waals surface area (Å²) in [5, 5.41) is 10.5. The van der Waals surface area contributed by atoms with E-state index in [0.29, 0.717) is 4.57 Å². The molecule has 1 aromatic heterocycles. The number of phosphoric acid groups is 2. The summed E-state index contributed by atoms with van der Waals surface area (Å²) in [4.78, 5) is 59.8. The van der Waals surface area contributed by atoms with Crippen LogP contribution in [-0.4, -0.2) is 64.1 Å². The van der Waals surface area contributed by atoms with E-state index in [9.17, 15) is 38.0 Å². The van der Waals surface area contributed by atoms with E-state index in [1.54, 1.807) is 0 Å². The molecule has 1 aliphatic heterocycles. The number of aliphatic hydroxyl groups is 1. The highest BCUT2D eigenvalue weighted by Crippen LogP contribution is 2.68. The summed E-state index contributed by atoms with van der Waals surface area (Å²) in [6.45, 7) is -0.456. The molecular weight excluding hydrogens is 546 g/mol. The van der Waals surface area contributed by atoms with Crippen LogP contribution in [0, 0.1) is 0 Å². The van der Waals surface area contributed by atoms with Crippen LogP contribution in [0.15, 0.2) is 21.9 Å². The normalized spacial score (nSPS) is 31.1. The average molecular weight is 565 g/mol. The predicted molar refractivity (Wildman–Crippen MR) is 108 cm³/mol. The minimum Gasteiger partial charge on any atom is -0.388 e. The number of aliphatic hydroxyl groups excluding tert-OH is 1. The van der Waals surface area contributed by atoms with Crippen molar-refractivity contribution in [2.45, 2.75) is 36.3 Å². The lowest BCUT2D eigenvalue weighted by Crippen LogP contribution is -2.47. The molecule has 7 atom stereocenters. The molecule has 2 heterocycles. The Labute approximate surface area is 185 Å². The number of phosphoric ester groups is 1. The number of nitrogens with one attached hydrogen (secondary N) is 1. The van der Waals surface area contributed by atoms with Crippen LogP contribution in [0.5, 0.6) is 0 Å². The lowest BCUT2D eigenvalue weighted by molar-refractivity contribution is -0.0755. The van der Waals surface area contributed by atoms with Gasteiger partial charge in [-0.05, 0) is 15.5 Å². The molecule has 21 heteroatoms. The summed E-state index contributed by atoms with van der Waals surface area (Å²) in [5.74, 6) is 0. The first-order valence-electron chi connectivity index (χ1n) is 8.17. The zero-order valence-electron chi connectivity index (χ0n) is 15.7. The molecule has 0 aromatic carbocycles. The molecule has 0 spiro atoms. The van der Waals surface area contributed by atoms with Gasteiger partial charge in [-0.1, -0.05) is 0 Å². The molecule has 1 aliphatic rings. The van der Waals surface area contributed by atoms with Crippen molar-refractivity contribution in [1.82, 2.24) is 9.55 Å². The average Bonchev–Trinajstić information content (AvgIpc) is 2.84. The van der Waals surface area contributed by atoms with Crippen LogP contribution in [-0.2, 0) is 27.0 Å². The van der Waals surface area contributed by atoms with E-state index < -0.39 is 70.2 Å². The van der Waals surface area contributed by atoms with Crippen LogP contribution < -0.4 is 11.2 Å². The molecule has 0 bridgehead atoms. The molecule has 6 N–H and O–H groups in total. The SMILES string of the molecule is C[C@@H](OP(=O)(O)OP(=O)(O)OP(O)(O)=P)C1O[C@@H](n2ccc(=O)[nH]c2=O)C(Cl)(CF)[C@H]1O. The second-order valence-corrected chi connectivity index (χ2v) is 13.4. The van der Waals surface area contributed by atoms with Crippen molar-refractivity contribution in [1.29, 1.82) is 0 Å². The number of ether oxygens (including phenoxy) is 1. The summed E-state index contributed by atoms with van der Waals surface area (Å²) >= 11 is 6.13. The van der Waals surface area contributed by atoms with E-state index in [1.807, 2.05) is 4.98 Å². The maximum Gasteiger partial charge on any atom is 0.488 e. The topological polar surface area (TPSA) is 227 Å². The minimum absolute atomic E-state index is 0.663. The maximum absolute atomic E-state index is 13.8. The molecule has 15 nitrogen and oxygen atoms in total. The molecule has 0 radical (unpaired) electrons. The molecule has 4 unspecified atom stereocenters. The highest BCUT2D eigenvalue weighted by Gasteiger charge is 2.59. The first-order valence-corrected chi connectivity index (χ1v) is 14.5. The van der Waals surface area contributed by atoms with Gasteiger partial charge in [0.15, 0.2) is 6.23 Å². The Balaban J connectivity index is 2.26. The third kappa shape index (κ3) is 6.65. The quantitative estimate of drug-likeness (QED) is 0.174. The zero-order valence-corrected chi connectivity index (χ0v) is 20.2. The van der Waals surface area contributed by atoms with Gasteiger partial charge in [-0.25, -0.2) is 22.6 Å². The van der Waals surface area contributed by atoms with Crippen LogP contribution in [0.1, 0.15) is 13.2 Å². The summed E-state index contributed by atoms with van der Waals surface area (Å²) in [5.41, 5.74) is -1.85. The Hall–Kier alpha value is -0.270. The molecule has 1 saturated heterocycles. The number of hydrogen-bond donors (Lipinski definition) is 6. The van der Waals surface area contributed by atoms with Crippen LogP contribution in [0.3, 0.4) is 0 Å². The summed E-state index contributed by atoms with van der Waals surface area (Å²) in [6.07, 6.45) is -6.18. The molecule has 1 fully saturated rings. The Morgan fingerprint density at radius 2 is 1.91 bits per heavy atom.